The zero-order valence-corrected chi connectivity index (χ0v) is 13.3. The molecule has 0 saturated heterocycles. The van der Waals surface area contributed by atoms with Crippen LogP contribution in [0, 0.1) is 0 Å². The summed E-state index contributed by atoms with van der Waals surface area (Å²) in [6.45, 7) is 0.448. The van der Waals surface area contributed by atoms with Crippen molar-refractivity contribution in [2.75, 3.05) is 0 Å². The number of carbonyl (C=O) groups excluding carboxylic acids is 1. The van der Waals surface area contributed by atoms with Gasteiger partial charge in [-0.2, -0.15) is 5.10 Å². The molecule has 0 aliphatic rings. The first kappa shape index (κ1) is 14.0. The maximum Gasteiger partial charge on any atom is 0.252 e. The van der Waals surface area contributed by atoms with Crippen LogP contribution in [0.2, 0.25) is 0 Å². The quantitative estimate of drug-likeness (QED) is 0.775. The van der Waals surface area contributed by atoms with Gasteiger partial charge in [-0.3, -0.25) is 4.79 Å². The SMILES string of the molecule is O=C(NCc1ccnc(-n2cccn2)c1)c1csc(Br)c1. The van der Waals surface area contributed by atoms with Gasteiger partial charge in [0, 0.05) is 30.5 Å². The maximum atomic E-state index is 12.0. The summed E-state index contributed by atoms with van der Waals surface area (Å²) >= 11 is 4.84. The molecule has 0 saturated carbocycles. The van der Waals surface area contributed by atoms with Gasteiger partial charge in [0.05, 0.1) is 9.35 Å². The Morgan fingerprint density at radius 2 is 2.29 bits per heavy atom. The van der Waals surface area contributed by atoms with Gasteiger partial charge in [-0.05, 0) is 45.8 Å². The van der Waals surface area contributed by atoms with Gasteiger partial charge in [0.2, 0.25) is 0 Å². The van der Waals surface area contributed by atoms with E-state index in [1.54, 1.807) is 17.1 Å². The van der Waals surface area contributed by atoms with Crippen molar-refractivity contribution in [2.45, 2.75) is 6.54 Å². The second kappa shape index (κ2) is 6.19. The number of aromatic nitrogens is 3. The molecule has 0 atom stereocenters. The number of halogens is 1. The van der Waals surface area contributed by atoms with E-state index in [9.17, 15) is 4.79 Å². The number of rotatable bonds is 4. The van der Waals surface area contributed by atoms with Crippen LogP contribution in [0.15, 0.2) is 52.0 Å². The Labute approximate surface area is 133 Å². The number of amides is 1. The fraction of sp³-hybridized carbons (Fsp3) is 0.0714. The third-order valence-corrected chi connectivity index (χ3v) is 4.34. The van der Waals surface area contributed by atoms with E-state index < -0.39 is 0 Å². The first-order valence-electron chi connectivity index (χ1n) is 6.19. The average Bonchev–Trinajstić information content (AvgIpc) is 3.16. The van der Waals surface area contributed by atoms with Gasteiger partial charge in [-0.15, -0.1) is 11.3 Å². The fourth-order valence-electron chi connectivity index (χ4n) is 1.81. The standard InChI is InChI=1S/C14H11BrN4OS/c15-12-7-11(9-21-12)14(20)17-8-10-2-4-16-13(6-10)19-5-1-3-18-19/h1-7,9H,8H2,(H,17,20). The summed E-state index contributed by atoms with van der Waals surface area (Å²) in [5.41, 5.74) is 1.63. The van der Waals surface area contributed by atoms with Crippen molar-refractivity contribution in [1.29, 1.82) is 0 Å². The normalized spacial score (nSPS) is 10.5. The number of nitrogens with zero attached hydrogens (tertiary/aromatic N) is 3. The van der Waals surface area contributed by atoms with Crippen molar-refractivity contribution in [2.24, 2.45) is 0 Å². The highest BCUT2D eigenvalue weighted by Gasteiger charge is 2.08. The molecule has 5 nitrogen and oxygen atoms in total. The maximum absolute atomic E-state index is 12.0. The molecule has 0 unspecified atom stereocenters. The van der Waals surface area contributed by atoms with E-state index in [0.29, 0.717) is 12.1 Å². The summed E-state index contributed by atoms with van der Waals surface area (Å²) in [5.74, 6) is 0.638. The predicted octanol–water partition coefficient (Wildman–Crippen LogP) is 3.02. The van der Waals surface area contributed by atoms with E-state index in [1.807, 2.05) is 35.8 Å². The minimum atomic E-state index is -0.0885. The smallest absolute Gasteiger partial charge is 0.252 e. The van der Waals surface area contributed by atoms with Crippen LogP contribution in [0.25, 0.3) is 5.82 Å². The third-order valence-electron chi connectivity index (χ3n) is 2.83. The zero-order valence-electron chi connectivity index (χ0n) is 10.9. The molecule has 1 amide bonds. The van der Waals surface area contributed by atoms with Crippen LogP contribution in [0.1, 0.15) is 15.9 Å². The molecular formula is C14H11BrN4OS. The van der Waals surface area contributed by atoms with Gasteiger partial charge < -0.3 is 5.32 Å². The topological polar surface area (TPSA) is 59.8 Å². The van der Waals surface area contributed by atoms with Crippen LogP contribution in [0.5, 0.6) is 0 Å². The summed E-state index contributed by atoms with van der Waals surface area (Å²) in [5, 5.41) is 8.85. The average molecular weight is 363 g/mol. The minimum Gasteiger partial charge on any atom is -0.348 e. The van der Waals surface area contributed by atoms with Gasteiger partial charge in [0.25, 0.3) is 5.91 Å². The number of hydrogen-bond acceptors (Lipinski definition) is 4. The van der Waals surface area contributed by atoms with Crippen molar-refractivity contribution >= 4 is 33.2 Å². The van der Waals surface area contributed by atoms with Crippen LogP contribution in [0.3, 0.4) is 0 Å². The molecule has 3 aromatic rings. The Bertz CT molecular complexity index is 754. The molecule has 1 N–H and O–H groups in total. The second-order valence-corrected chi connectivity index (χ2v) is 6.59. The van der Waals surface area contributed by atoms with E-state index in [1.165, 1.54) is 11.3 Å². The van der Waals surface area contributed by atoms with Crippen LogP contribution in [0.4, 0.5) is 0 Å². The number of thiophene rings is 1. The molecule has 0 radical (unpaired) electrons. The summed E-state index contributed by atoms with van der Waals surface area (Å²) in [4.78, 5) is 16.2. The van der Waals surface area contributed by atoms with Crippen LogP contribution in [-0.4, -0.2) is 20.7 Å². The van der Waals surface area contributed by atoms with Gasteiger partial charge in [0.1, 0.15) is 0 Å². The highest BCUT2D eigenvalue weighted by Crippen LogP contribution is 2.20. The first-order valence-corrected chi connectivity index (χ1v) is 7.87. The fourth-order valence-corrected chi connectivity index (χ4v) is 2.95. The Kier molecular flexibility index (Phi) is 4.12. The lowest BCUT2D eigenvalue weighted by Crippen LogP contribution is -2.22. The molecule has 7 heteroatoms. The lowest BCUT2D eigenvalue weighted by molar-refractivity contribution is 0.0951. The summed E-state index contributed by atoms with van der Waals surface area (Å²) in [7, 11) is 0. The molecule has 21 heavy (non-hydrogen) atoms. The Hall–Kier alpha value is -1.99. The van der Waals surface area contributed by atoms with E-state index in [2.05, 4.69) is 31.3 Å². The third kappa shape index (κ3) is 3.37. The summed E-state index contributed by atoms with van der Waals surface area (Å²) < 4.78 is 2.62. The lowest BCUT2D eigenvalue weighted by Gasteiger charge is -2.06. The highest BCUT2D eigenvalue weighted by molar-refractivity contribution is 9.11. The monoisotopic (exact) mass is 362 g/mol. The van der Waals surface area contributed by atoms with Gasteiger partial charge in [0.15, 0.2) is 5.82 Å². The van der Waals surface area contributed by atoms with E-state index in [0.717, 1.165) is 15.2 Å². The zero-order chi connectivity index (χ0) is 14.7. The van der Waals surface area contributed by atoms with Crippen molar-refractivity contribution in [3.05, 3.63) is 63.1 Å². The van der Waals surface area contributed by atoms with Gasteiger partial charge >= 0.3 is 0 Å². The van der Waals surface area contributed by atoms with E-state index in [-0.39, 0.29) is 5.91 Å². The molecule has 0 aliphatic carbocycles. The van der Waals surface area contributed by atoms with Crippen molar-refractivity contribution in [3.63, 3.8) is 0 Å². The molecule has 3 rings (SSSR count). The predicted molar refractivity (Wildman–Crippen MR) is 84.5 cm³/mol. The number of carbonyl (C=O) groups is 1. The number of pyridine rings is 1. The van der Waals surface area contributed by atoms with Gasteiger partial charge in [-0.1, -0.05) is 0 Å². The number of nitrogens with one attached hydrogen (secondary N) is 1. The molecule has 3 heterocycles. The van der Waals surface area contributed by atoms with Crippen molar-refractivity contribution in [3.8, 4) is 5.82 Å². The molecular weight excluding hydrogens is 352 g/mol. The summed E-state index contributed by atoms with van der Waals surface area (Å²) in [6.07, 6.45) is 5.23. The molecule has 0 fully saturated rings. The largest absolute Gasteiger partial charge is 0.348 e. The van der Waals surface area contributed by atoms with Crippen LogP contribution < -0.4 is 5.32 Å². The highest BCUT2D eigenvalue weighted by atomic mass is 79.9. The molecule has 106 valence electrons. The molecule has 0 spiro atoms. The number of hydrogen-bond donors (Lipinski definition) is 1. The van der Waals surface area contributed by atoms with Crippen molar-refractivity contribution in [1.82, 2.24) is 20.1 Å². The van der Waals surface area contributed by atoms with Crippen LogP contribution >= 0.6 is 27.3 Å². The molecule has 0 bridgehead atoms. The first-order chi connectivity index (χ1) is 10.2. The second-order valence-electron chi connectivity index (χ2n) is 4.30. The molecule has 0 aliphatic heterocycles. The molecule has 0 aromatic carbocycles. The van der Waals surface area contributed by atoms with Crippen LogP contribution in [-0.2, 0) is 6.54 Å². The van der Waals surface area contributed by atoms with Gasteiger partial charge in [-0.25, -0.2) is 9.67 Å². The lowest BCUT2D eigenvalue weighted by atomic mass is 10.2. The van der Waals surface area contributed by atoms with E-state index >= 15 is 0 Å². The molecule has 3 aromatic heterocycles. The van der Waals surface area contributed by atoms with E-state index in [4.69, 9.17) is 0 Å². The Morgan fingerprint density at radius 3 is 3.00 bits per heavy atom. The van der Waals surface area contributed by atoms with Crippen molar-refractivity contribution < 1.29 is 4.79 Å². The Balaban J connectivity index is 1.68. The minimum absolute atomic E-state index is 0.0885. The summed E-state index contributed by atoms with van der Waals surface area (Å²) in [6, 6.07) is 7.42. The Morgan fingerprint density at radius 1 is 1.38 bits per heavy atom.